The first-order chi connectivity index (χ1) is 11.7. The fraction of sp³-hybridized carbons (Fsp3) is 0.182. The summed E-state index contributed by atoms with van der Waals surface area (Å²) >= 11 is 0. The molecule has 0 atom stereocenters. The minimum Gasteiger partial charge on any atom is -0.489 e. The van der Waals surface area contributed by atoms with Crippen LogP contribution in [0.3, 0.4) is 0 Å². The van der Waals surface area contributed by atoms with Crippen molar-refractivity contribution in [3.05, 3.63) is 95.1 Å². The summed E-state index contributed by atoms with van der Waals surface area (Å²) in [6.07, 6.45) is 0. The van der Waals surface area contributed by atoms with Crippen LogP contribution in [0.25, 0.3) is 0 Å². The van der Waals surface area contributed by atoms with Gasteiger partial charge in [-0.2, -0.15) is 0 Å². The highest BCUT2D eigenvalue weighted by molar-refractivity contribution is 5.32. The summed E-state index contributed by atoms with van der Waals surface area (Å²) in [5.74, 6) is 1.84. The average molecular weight is 318 g/mol. The molecule has 0 unspecified atom stereocenters. The zero-order valence-corrected chi connectivity index (χ0v) is 14.2. The normalized spacial score (nSPS) is 10.4. The molecule has 0 fully saturated rings. The summed E-state index contributed by atoms with van der Waals surface area (Å²) in [5.41, 5.74) is 4.66. The van der Waals surface area contributed by atoms with Crippen LogP contribution >= 0.6 is 0 Å². The molecule has 24 heavy (non-hydrogen) atoms. The largest absolute Gasteiger partial charge is 0.489 e. The van der Waals surface area contributed by atoms with Gasteiger partial charge in [-0.15, -0.1) is 0 Å². The van der Waals surface area contributed by atoms with Gasteiger partial charge in [0, 0.05) is 0 Å². The third kappa shape index (κ3) is 4.39. The Morgan fingerprint density at radius 2 is 1.33 bits per heavy atom. The van der Waals surface area contributed by atoms with E-state index in [2.05, 4.69) is 50.2 Å². The summed E-state index contributed by atoms with van der Waals surface area (Å²) in [6.45, 7) is 5.27. The SMILES string of the molecule is Cc1cccc(OCc2ccc(COc3ccccc3C)cc2)c1. The van der Waals surface area contributed by atoms with Crippen molar-refractivity contribution in [1.29, 1.82) is 0 Å². The highest BCUT2D eigenvalue weighted by Gasteiger charge is 2.01. The fourth-order valence-corrected chi connectivity index (χ4v) is 2.48. The van der Waals surface area contributed by atoms with Crippen molar-refractivity contribution in [1.82, 2.24) is 0 Å². The lowest BCUT2D eigenvalue weighted by atomic mass is 10.1. The van der Waals surface area contributed by atoms with E-state index in [1.807, 2.05) is 36.4 Å². The van der Waals surface area contributed by atoms with Crippen molar-refractivity contribution in [2.45, 2.75) is 27.1 Å². The molecule has 0 radical (unpaired) electrons. The number of rotatable bonds is 6. The van der Waals surface area contributed by atoms with Gasteiger partial charge in [0.15, 0.2) is 0 Å². The van der Waals surface area contributed by atoms with Crippen LogP contribution in [-0.2, 0) is 13.2 Å². The van der Waals surface area contributed by atoms with Gasteiger partial charge in [0.05, 0.1) is 0 Å². The molecule has 0 saturated heterocycles. The second kappa shape index (κ2) is 7.69. The molecule has 0 aliphatic rings. The zero-order chi connectivity index (χ0) is 16.8. The Balaban J connectivity index is 1.54. The summed E-state index contributed by atoms with van der Waals surface area (Å²) in [4.78, 5) is 0. The first kappa shape index (κ1) is 16.1. The van der Waals surface area contributed by atoms with Gasteiger partial charge in [0.1, 0.15) is 24.7 Å². The minimum absolute atomic E-state index is 0.572. The van der Waals surface area contributed by atoms with Gasteiger partial charge in [-0.25, -0.2) is 0 Å². The van der Waals surface area contributed by atoms with E-state index in [-0.39, 0.29) is 0 Å². The van der Waals surface area contributed by atoms with Gasteiger partial charge < -0.3 is 9.47 Å². The third-order valence-electron chi connectivity index (χ3n) is 3.91. The van der Waals surface area contributed by atoms with E-state index >= 15 is 0 Å². The maximum absolute atomic E-state index is 5.87. The molecule has 0 N–H and O–H groups in total. The van der Waals surface area contributed by atoms with Crippen LogP contribution in [0.5, 0.6) is 11.5 Å². The Hall–Kier alpha value is -2.74. The van der Waals surface area contributed by atoms with E-state index in [0.717, 1.165) is 28.2 Å². The van der Waals surface area contributed by atoms with Crippen molar-refractivity contribution >= 4 is 0 Å². The van der Waals surface area contributed by atoms with Crippen molar-refractivity contribution in [2.24, 2.45) is 0 Å². The fourth-order valence-electron chi connectivity index (χ4n) is 2.48. The van der Waals surface area contributed by atoms with E-state index < -0.39 is 0 Å². The molecule has 3 aromatic carbocycles. The maximum Gasteiger partial charge on any atom is 0.122 e. The molecule has 0 aliphatic heterocycles. The number of benzene rings is 3. The minimum atomic E-state index is 0.572. The molecule has 2 heteroatoms. The molecule has 3 aromatic rings. The quantitative estimate of drug-likeness (QED) is 0.600. The van der Waals surface area contributed by atoms with Gasteiger partial charge in [0.25, 0.3) is 0 Å². The number of hydrogen-bond donors (Lipinski definition) is 0. The first-order valence-corrected chi connectivity index (χ1v) is 8.16. The lowest BCUT2D eigenvalue weighted by Gasteiger charge is -2.10. The summed E-state index contributed by atoms with van der Waals surface area (Å²) in [7, 11) is 0. The average Bonchev–Trinajstić information content (AvgIpc) is 2.60. The molecular formula is C22H22O2. The van der Waals surface area contributed by atoms with Crippen LogP contribution in [0.2, 0.25) is 0 Å². The Kier molecular flexibility index (Phi) is 5.17. The number of ether oxygens (including phenoxy) is 2. The monoisotopic (exact) mass is 318 g/mol. The van der Waals surface area contributed by atoms with Crippen LogP contribution in [-0.4, -0.2) is 0 Å². The smallest absolute Gasteiger partial charge is 0.122 e. The zero-order valence-electron chi connectivity index (χ0n) is 14.2. The molecule has 0 amide bonds. The maximum atomic E-state index is 5.87. The van der Waals surface area contributed by atoms with E-state index in [0.29, 0.717) is 13.2 Å². The lowest BCUT2D eigenvalue weighted by Crippen LogP contribution is -1.99. The van der Waals surface area contributed by atoms with Crippen molar-refractivity contribution < 1.29 is 9.47 Å². The number of para-hydroxylation sites is 1. The Morgan fingerprint density at radius 1 is 0.667 bits per heavy atom. The Bertz CT molecular complexity index is 791. The standard InChI is InChI=1S/C22H22O2/c1-17-6-5-8-21(14-17)23-15-19-10-12-20(13-11-19)16-24-22-9-4-3-7-18(22)2/h3-14H,15-16H2,1-2H3. The predicted octanol–water partition coefficient (Wildman–Crippen LogP) is 5.46. The van der Waals surface area contributed by atoms with Crippen LogP contribution < -0.4 is 9.47 Å². The summed E-state index contributed by atoms with van der Waals surface area (Å²) in [5, 5.41) is 0. The Labute approximate surface area is 143 Å². The molecule has 0 bridgehead atoms. The second-order valence-electron chi connectivity index (χ2n) is 5.98. The van der Waals surface area contributed by atoms with E-state index in [9.17, 15) is 0 Å². The number of hydrogen-bond acceptors (Lipinski definition) is 2. The molecule has 0 saturated carbocycles. The van der Waals surface area contributed by atoms with Crippen LogP contribution in [0.15, 0.2) is 72.8 Å². The summed E-state index contributed by atoms with van der Waals surface area (Å²) < 4.78 is 11.7. The van der Waals surface area contributed by atoms with Crippen LogP contribution in [0, 0.1) is 13.8 Å². The van der Waals surface area contributed by atoms with E-state index in [1.54, 1.807) is 0 Å². The van der Waals surface area contributed by atoms with Crippen molar-refractivity contribution in [3.8, 4) is 11.5 Å². The van der Waals surface area contributed by atoms with Crippen molar-refractivity contribution in [2.75, 3.05) is 0 Å². The molecule has 2 nitrogen and oxygen atoms in total. The molecule has 0 aromatic heterocycles. The predicted molar refractivity (Wildman–Crippen MR) is 97.5 cm³/mol. The summed E-state index contributed by atoms with van der Waals surface area (Å²) in [6, 6.07) is 24.5. The molecule has 0 aliphatic carbocycles. The second-order valence-corrected chi connectivity index (χ2v) is 5.98. The van der Waals surface area contributed by atoms with Crippen molar-refractivity contribution in [3.63, 3.8) is 0 Å². The van der Waals surface area contributed by atoms with Crippen LogP contribution in [0.4, 0.5) is 0 Å². The topological polar surface area (TPSA) is 18.5 Å². The molecule has 3 rings (SSSR count). The van der Waals surface area contributed by atoms with Crippen LogP contribution in [0.1, 0.15) is 22.3 Å². The molecule has 0 heterocycles. The van der Waals surface area contributed by atoms with E-state index in [1.165, 1.54) is 5.56 Å². The number of aryl methyl sites for hydroxylation is 2. The van der Waals surface area contributed by atoms with Gasteiger partial charge >= 0.3 is 0 Å². The van der Waals surface area contributed by atoms with Gasteiger partial charge in [-0.05, 0) is 54.3 Å². The molecular weight excluding hydrogens is 296 g/mol. The lowest BCUT2D eigenvalue weighted by molar-refractivity contribution is 0.301. The Morgan fingerprint density at radius 3 is 2.00 bits per heavy atom. The van der Waals surface area contributed by atoms with Gasteiger partial charge in [-0.1, -0.05) is 54.6 Å². The highest BCUT2D eigenvalue weighted by atomic mass is 16.5. The molecule has 122 valence electrons. The third-order valence-corrected chi connectivity index (χ3v) is 3.91. The molecule has 0 spiro atoms. The van der Waals surface area contributed by atoms with E-state index in [4.69, 9.17) is 9.47 Å². The van der Waals surface area contributed by atoms with Gasteiger partial charge in [0.2, 0.25) is 0 Å². The highest BCUT2D eigenvalue weighted by Crippen LogP contribution is 2.18. The van der Waals surface area contributed by atoms with Gasteiger partial charge in [-0.3, -0.25) is 0 Å². The first-order valence-electron chi connectivity index (χ1n) is 8.16.